The Kier molecular flexibility index (Phi) is 13.0. The number of benzene rings is 3. The number of nitrogens with one attached hydrogen (secondary N) is 3. The fourth-order valence-electron chi connectivity index (χ4n) is 8.93. The van der Waals surface area contributed by atoms with Crippen molar-refractivity contribution in [1.82, 2.24) is 35.1 Å². The van der Waals surface area contributed by atoms with E-state index < -0.39 is 7.14 Å². The van der Waals surface area contributed by atoms with Crippen molar-refractivity contribution >= 4 is 80.1 Å². The smallest absolute Gasteiger partial charge is 0.234 e. The zero-order chi connectivity index (χ0) is 42.7. The molecule has 2 aromatic heterocycles. The minimum Gasteiger partial charge on any atom is -0.494 e. The molecule has 8 rings (SSSR count). The van der Waals surface area contributed by atoms with Gasteiger partial charge < -0.3 is 29.7 Å². The summed E-state index contributed by atoms with van der Waals surface area (Å²) in [6, 6.07) is 17.0. The summed E-state index contributed by atoms with van der Waals surface area (Å²) in [7, 11) is -1.08. The third kappa shape index (κ3) is 9.75. The van der Waals surface area contributed by atoms with Gasteiger partial charge in [0.2, 0.25) is 17.8 Å². The predicted octanol–water partition coefficient (Wildman–Crippen LogP) is 6.84. The molecule has 3 fully saturated rings. The fourth-order valence-corrected chi connectivity index (χ4v) is 10.6. The Balaban J connectivity index is 0.862. The van der Waals surface area contributed by atoms with Crippen LogP contribution in [0.2, 0.25) is 0 Å². The molecule has 1 unspecified atom stereocenters. The number of carbonyl (C=O) groups excluding carboxylic acids is 2. The van der Waals surface area contributed by atoms with E-state index in [9.17, 15) is 14.2 Å². The standard InChI is InChI=1S/C45H54BrN10O4P/c1-5-30-26-37(51-45-49-28-34(46)43(53-45)50-36-12-11-35-41(48-18-17-47-35)42(36)61(3,4)59)39(60-2)27-38(30)56-20-15-32(16-21-56)55-24-22-54(23-25-55)19-14-29-6-8-31(9-7-29)33-10-13-40(57)52-44(33)58/h6-9,11-12,17-18,26-28,32-33H,5,10,13-16,19-25H2,1-4H3,(H,52,57,58)(H2,49,50,51,53). The van der Waals surface area contributed by atoms with E-state index in [4.69, 9.17) is 9.72 Å². The molecule has 14 nitrogen and oxygen atoms in total. The number of methoxy groups -OCH3 is 1. The molecule has 0 saturated carbocycles. The number of hydrogen-bond donors (Lipinski definition) is 3. The Labute approximate surface area is 365 Å². The van der Waals surface area contributed by atoms with Crippen LogP contribution in [0.15, 0.2) is 71.6 Å². The Morgan fingerprint density at radius 1 is 0.902 bits per heavy atom. The molecule has 0 bridgehead atoms. The first kappa shape index (κ1) is 42.7. The van der Waals surface area contributed by atoms with Gasteiger partial charge in [0.05, 0.1) is 39.7 Å². The molecule has 3 aliphatic rings. The first-order chi connectivity index (χ1) is 29.5. The van der Waals surface area contributed by atoms with Crippen molar-refractivity contribution < 1.29 is 18.9 Å². The normalized spacial score (nSPS) is 18.3. The Morgan fingerprint density at radius 2 is 1.66 bits per heavy atom. The lowest BCUT2D eigenvalue weighted by molar-refractivity contribution is -0.134. The van der Waals surface area contributed by atoms with Crippen LogP contribution in [0.25, 0.3) is 11.0 Å². The number of hydrogen-bond acceptors (Lipinski definition) is 13. The number of ether oxygens (including phenoxy) is 1. The maximum absolute atomic E-state index is 13.5. The van der Waals surface area contributed by atoms with Crippen LogP contribution in [-0.2, 0) is 27.0 Å². The fraction of sp³-hybridized carbons (Fsp3) is 0.422. The first-order valence-electron chi connectivity index (χ1n) is 21.2. The summed E-state index contributed by atoms with van der Waals surface area (Å²) in [5.41, 5.74) is 7.40. The molecule has 1 atom stereocenters. The van der Waals surface area contributed by atoms with Crippen molar-refractivity contribution in [3.8, 4) is 5.75 Å². The summed E-state index contributed by atoms with van der Waals surface area (Å²) >= 11 is 3.60. The van der Waals surface area contributed by atoms with Crippen LogP contribution in [0.5, 0.6) is 5.75 Å². The lowest BCUT2D eigenvalue weighted by atomic mass is 9.90. The summed E-state index contributed by atoms with van der Waals surface area (Å²) in [6.45, 7) is 12.9. The maximum Gasteiger partial charge on any atom is 0.234 e. The van der Waals surface area contributed by atoms with Gasteiger partial charge in [0.1, 0.15) is 24.2 Å². The van der Waals surface area contributed by atoms with Gasteiger partial charge in [0.15, 0.2) is 0 Å². The lowest BCUT2D eigenvalue weighted by Gasteiger charge is -2.43. The van der Waals surface area contributed by atoms with Crippen LogP contribution < -0.4 is 30.9 Å². The summed E-state index contributed by atoms with van der Waals surface area (Å²) < 4.78 is 20.1. The molecule has 5 heterocycles. The molecule has 3 aliphatic heterocycles. The molecular formula is C45H54BrN10O4P. The van der Waals surface area contributed by atoms with Crippen LogP contribution in [0.1, 0.15) is 55.2 Å². The number of imide groups is 1. The number of nitrogens with zero attached hydrogens (tertiary/aromatic N) is 7. The second-order valence-corrected chi connectivity index (χ2v) is 20.5. The number of carbonyl (C=O) groups is 2. The number of aryl methyl sites for hydroxylation is 1. The average molecular weight is 910 g/mol. The second-order valence-electron chi connectivity index (χ2n) is 16.5. The van der Waals surface area contributed by atoms with Crippen LogP contribution in [0.3, 0.4) is 0 Å². The third-order valence-corrected chi connectivity index (χ3v) is 14.4. The molecule has 2 amide bonds. The molecule has 3 saturated heterocycles. The van der Waals surface area contributed by atoms with Crippen LogP contribution in [0, 0.1) is 0 Å². The van der Waals surface area contributed by atoms with Crippen molar-refractivity contribution in [2.45, 2.75) is 57.4 Å². The van der Waals surface area contributed by atoms with E-state index in [1.807, 2.05) is 12.1 Å². The maximum atomic E-state index is 13.5. The topological polar surface area (TPSA) is 158 Å². The van der Waals surface area contributed by atoms with Gasteiger partial charge in [-0.1, -0.05) is 31.2 Å². The Hall–Kier alpha value is -4.95. The number of amides is 2. The van der Waals surface area contributed by atoms with Crippen molar-refractivity contribution in [2.75, 3.05) is 81.8 Å². The molecule has 61 heavy (non-hydrogen) atoms. The molecule has 3 aromatic carbocycles. The summed E-state index contributed by atoms with van der Waals surface area (Å²) in [6.07, 6.45) is 9.98. The van der Waals surface area contributed by atoms with Gasteiger partial charge in [0.25, 0.3) is 0 Å². The quantitative estimate of drug-likeness (QED) is 0.0835. The van der Waals surface area contributed by atoms with E-state index in [1.165, 1.54) is 16.8 Å². The number of anilines is 5. The molecule has 3 N–H and O–H groups in total. The minimum atomic E-state index is -2.77. The number of piperidine rings is 2. The predicted molar refractivity (Wildman–Crippen MR) is 246 cm³/mol. The highest BCUT2D eigenvalue weighted by Gasteiger charge is 2.30. The van der Waals surface area contributed by atoms with Crippen molar-refractivity contribution in [2.24, 2.45) is 0 Å². The average Bonchev–Trinajstić information content (AvgIpc) is 3.26. The second kappa shape index (κ2) is 18.6. The highest BCUT2D eigenvalue weighted by molar-refractivity contribution is 9.10. The highest BCUT2D eigenvalue weighted by Crippen LogP contribution is 2.42. The third-order valence-electron chi connectivity index (χ3n) is 12.2. The zero-order valence-corrected chi connectivity index (χ0v) is 37.8. The van der Waals surface area contributed by atoms with E-state index in [-0.39, 0.29) is 17.7 Å². The molecule has 0 aliphatic carbocycles. The first-order valence-corrected chi connectivity index (χ1v) is 24.6. The van der Waals surface area contributed by atoms with E-state index in [0.29, 0.717) is 62.9 Å². The molecule has 0 radical (unpaired) electrons. The van der Waals surface area contributed by atoms with Crippen molar-refractivity contribution in [3.63, 3.8) is 0 Å². The lowest BCUT2D eigenvalue weighted by Crippen LogP contribution is -2.53. The Morgan fingerprint density at radius 3 is 2.36 bits per heavy atom. The van der Waals surface area contributed by atoms with Crippen LogP contribution in [-0.4, -0.2) is 114 Å². The number of piperazine rings is 1. The van der Waals surface area contributed by atoms with Crippen LogP contribution >= 0.6 is 23.1 Å². The van der Waals surface area contributed by atoms with Gasteiger partial charge in [-0.15, -0.1) is 0 Å². The van der Waals surface area contributed by atoms with Gasteiger partial charge in [0, 0.05) is 88.6 Å². The van der Waals surface area contributed by atoms with Crippen molar-refractivity contribution in [1.29, 1.82) is 0 Å². The van der Waals surface area contributed by atoms with Crippen molar-refractivity contribution in [3.05, 3.63) is 88.3 Å². The Bertz CT molecular complexity index is 2450. The molecule has 0 spiro atoms. The van der Waals surface area contributed by atoms with Gasteiger partial charge in [-0.3, -0.25) is 29.8 Å². The highest BCUT2D eigenvalue weighted by atomic mass is 79.9. The minimum absolute atomic E-state index is 0.178. The summed E-state index contributed by atoms with van der Waals surface area (Å²) in [5, 5.41) is 9.88. The number of fused-ring (bicyclic) bond motifs is 1. The van der Waals surface area contributed by atoms with E-state index in [0.717, 1.165) is 82.7 Å². The van der Waals surface area contributed by atoms with Gasteiger partial charge in [-0.2, -0.15) is 4.98 Å². The van der Waals surface area contributed by atoms with Gasteiger partial charge in [-0.25, -0.2) is 4.98 Å². The number of aromatic nitrogens is 4. The molecule has 320 valence electrons. The number of rotatable bonds is 13. The van der Waals surface area contributed by atoms with E-state index >= 15 is 0 Å². The van der Waals surface area contributed by atoms with Crippen LogP contribution in [0.4, 0.5) is 28.8 Å². The zero-order valence-electron chi connectivity index (χ0n) is 35.3. The summed E-state index contributed by atoms with van der Waals surface area (Å²) in [4.78, 5) is 49.9. The van der Waals surface area contributed by atoms with E-state index in [1.54, 1.807) is 39.0 Å². The SMILES string of the molecule is CCc1cc(Nc2ncc(Br)c(Nc3ccc4nccnc4c3P(C)(C)=O)n2)c(OC)cc1N1CCC(N2CCN(CCc3ccc(C4CCC(=O)NC4=O)cc3)CC2)CC1. The largest absolute Gasteiger partial charge is 0.494 e. The number of halogens is 1. The van der Waals surface area contributed by atoms with Gasteiger partial charge >= 0.3 is 0 Å². The monoisotopic (exact) mass is 908 g/mol. The molecular weight excluding hydrogens is 855 g/mol. The van der Waals surface area contributed by atoms with Gasteiger partial charge in [-0.05, 0) is 96.3 Å². The molecule has 5 aromatic rings. The molecule has 16 heteroatoms. The van der Waals surface area contributed by atoms with E-state index in [2.05, 4.69) is 105 Å². The summed E-state index contributed by atoms with van der Waals surface area (Å²) in [5.74, 6) is 1.02.